The first-order chi connectivity index (χ1) is 10.2. The van der Waals surface area contributed by atoms with Gasteiger partial charge in [0.25, 0.3) is 0 Å². The molecule has 22 heavy (non-hydrogen) atoms. The van der Waals surface area contributed by atoms with Gasteiger partial charge < -0.3 is 5.32 Å². The smallest absolute Gasteiger partial charge is 0.221 e. The molecule has 1 fully saturated rings. The van der Waals surface area contributed by atoms with Gasteiger partial charge in [0.05, 0.1) is 22.2 Å². The van der Waals surface area contributed by atoms with E-state index < -0.39 is 31.6 Å². The van der Waals surface area contributed by atoms with Gasteiger partial charge in [0.15, 0.2) is 19.7 Å². The monoisotopic (exact) mass is 365 g/mol. The van der Waals surface area contributed by atoms with Crippen LogP contribution in [-0.4, -0.2) is 46.0 Å². The molecule has 122 valence electrons. The third-order valence-corrected chi connectivity index (χ3v) is 7.07. The highest BCUT2D eigenvalue weighted by Gasteiger charge is 2.29. The van der Waals surface area contributed by atoms with Crippen molar-refractivity contribution in [2.24, 2.45) is 0 Å². The second kappa shape index (κ2) is 6.55. The van der Waals surface area contributed by atoms with E-state index in [0.29, 0.717) is 11.4 Å². The molecule has 1 saturated heterocycles. The molecule has 1 unspecified atom stereocenters. The molecule has 0 spiro atoms. The van der Waals surface area contributed by atoms with E-state index in [1.807, 2.05) is 0 Å². The van der Waals surface area contributed by atoms with Crippen molar-refractivity contribution in [3.63, 3.8) is 0 Å². The van der Waals surface area contributed by atoms with Gasteiger partial charge in [-0.25, -0.2) is 16.8 Å². The van der Waals surface area contributed by atoms with E-state index in [2.05, 4.69) is 5.32 Å². The first kappa shape index (κ1) is 17.2. The maximum absolute atomic E-state index is 12.1. The van der Waals surface area contributed by atoms with Gasteiger partial charge in [0.2, 0.25) is 5.91 Å². The number of carbonyl (C=O) groups is 1. The number of halogens is 1. The molecule has 1 aliphatic heterocycles. The molecule has 0 radical (unpaired) electrons. The van der Waals surface area contributed by atoms with Crippen molar-refractivity contribution >= 4 is 37.2 Å². The van der Waals surface area contributed by atoms with Gasteiger partial charge in [-0.2, -0.15) is 0 Å². The number of benzene rings is 1. The van der Waals surface area contributed by atoms with E-state index >= 15 is 0 Å². The summed E-state index contributed by atoms with van der Waals surface area (Å²) in [7, 11) is -6.68. The van der Waals surface area contributed by atoms with Gasteiger partial charge in [0, 0.05) is 17.5 Å². The lowest BCUT2D eigenvalue weighted by molar-refractivity contribution is -0.121. The Balaban J connectivity index is 1.91. The minimum absolute atomic E-state index is 0.0543. The molecule has 1 heterocycles. The van der Waals surface area contributed by atoms with Gasteiger partial charge in [-0.05, 0) is 24.6 Å². The van der Waals surface area contributed by atoms with E-state index in [0.717, 1.165) is 0 Å². The second-order valence-corrected chi connectivity index (χ2v) is 9.97. The Hall–Kier alpha value is -1.12. The third-order valence-electron chi connectivity index (χ3n) is 3.35. The van der Waals surface area contributed by atoms with Crippen LogP contribution in [0.1, 0.15) is 12.8 Å². The summed E-state index contributed by atoms with van der Waals surface area (Å²) in [6.07, 6.45) is 0.153. The molecule has 1 N–H and O–H groups in total. The van der Waals surface area contributed by atoms with Gasteiger partial charge in [-0.15, -0.1) is 0 Å². The fourth-order valence-electron chi connectivity index (χ4n) is 2.21. The van der Waals surface area contributed by atoms with Crippen molar-refractivity contribution < 1.29 is 21.6 Å². The van der Waals surface area contributed by atoms with E-state index in [1.165, 1.54) is 18.2 Å². The van der Waals surface area contributed by atoms with Gasteiger partial charge in [-0.1, -0.05) is 17.7 Å². The number of nitrogens with one attached hydrogen (secondary N) is 1. The Kier molecular flexibility index (Phi) is 5.14. The van der Waals surface area contributed by atoms with Crippen LogP contribution in [0.25, 0.3) is 0 Å². The van der Waals surface area contributed by atoms with Crippen LogP contribution in [-0.2, 0) is 24.5 Å². The number of rotatable bonds is 5. The molecule has 0 aromatic heterocycles. The molecular formula is C13H16ClNO5S2. The van der Waals surface area contributed by atoms with Gasteiger partial charge in [0.1, 0.15) is 0 Å². The van der Waals surface area contributed by atoms with E-state index in [1.54, 1.807) is 6.07 Å². The summed E-state index contributed by atoms with van der Waals surface area (Å²) in [5.74, 6) is -0.843. The van der Waals surface area contributed by atoms with E-state index in [-0.39, 0.29) is 28.6 Å². The lowest BCUT2D eigenvalue weighted by Gasteiger charge is -2.11. The first-order valence-corrected chi connectivity index (χ1v) is 10.5. The fourth-order valence-corrected chi connectivity index (χ4v) is 5.42. The van der Waals surface area contributed by atoms with Crippen molar-refractivity contribution in [1.82, 2.24) is 5.32 Å². The molecule has 1 aromatic carbocycles. The molecule has 1 amide bonds. The molecule has 0 aliphatic carbocycles. The zero-order valence-electron chi connectivity index (χ0n) is 11.7. The first-order valence-electron chi connectivity index (χ1n) is 6.66. The molecule has 1 atom stereocenters. The average molecular weight is 366 g/mol. The summed E-state index contributed by atoms with van der Waals surface area (Å²) in [6, 6.07) is 5.42. The number of hydrogen-bond acceptors (Lipinski definition) is 5. The number of carbonyl (C=O) groups excluding carboxylic acids is 1. The van der Waals surface area contributed by atoms with Crippen molar-refractivity contribution in [3.8, 4) is 0 Å². The summed E-state index contributed by atoms with van der Waals surface area (Å²) < 4.78 is 46.8. The van der Waals surface area contributed by atoms with Crippen LogP contribution in [0.5, 0.6) is 0 Å². The Morgan fingerprint density at radius 2 is 2.09 bits per heavy atom. The zero-order valence-corrected chi connectivity index (χ0v) is 14.0. The summed E-state index contributed by atoms with van der Waals surface area (Å²) in [6.45, 7) is 0. The lowest BCUT2D eigenvalue weighted by atomic mass is 10.2. The molecule has 1 aliphatic rings. The molecular weight excluding hydrogens is 350 g/mol. The number of sulfone groups is 2. The highest BCUT2D eigenvalue weighted by atomic mass is 35.5. The Morgan fingerprint density at radius 3 is 2.68 bits per heavy atom. The second-order valence-electron chi connectivity index (χ2n) is 5.19. The van der Waals surface area contributed by atoms with Crippen molar-refractivity contribution in [2.75, 3.05) is 17.3 Å². The molecule has 6 nitrogen and oxygen atoms in total. The van der Waals surface area contributed by atoms with Crippen LogP contribution >= 0.6 is 11.6 Å². The fraction of sp³-hybridized carbons (Fsp3) is 0.462. The van der Waals surface area contributed by atoms with E-state index in [9.17, 15) is 21.6 Å². The SMILES string of the molecule is O=C(CCS(=O)(=O)c1cccc(Cl)c1)NC1CCS(=O)(=O)C1. The maximum Gasteiger partial charge on any atom is 0.221 e. The van der Waals surface area contributed by atoms with Crippen LogP contribution in [0.3, 0.4) is 0 Å². The van der Waals surface area contributed by atoms with Crippen LogP contribution in [0.4, 0.5) is 0 Å². The molecule has 9 heteroatoms. The summed E-state index contributed by atoms with van der Waals surface area (Å²) in [5.41, 5.74) is 0. The molecule has 0 bridgehead atoms. The Bertz CT molecular complexity index is 773. The van der Waals surface area contributed by atoms with Gasteiger partial charge >= 0.3 is 0 Å². The zero-order chi connectivity index (χ0) is 16.4. The number of hydrogen-bond donors (Lipinski definition) is 1. The Labute approximate surface area is 134 Å². The Morgan fingerprint density at radius 1 is 1.36 bits per heavy atom. The predicted octanol–water partition coefficient (Wildman–Crippen LogP) is 0.807. The van der Waals surface area contributed by atoms with Crippen LogP contribution in [0.2, 0.25) is 5.02 Å². The summed E-state index contributed by atoms with van der Waals surface area (Å²) >= 11 is 5.75. The van der Waals surface area contributed by atoms with Crippen LogP contribution < -0.4 is 5.32 Å². The topological polar surface area (TPSA) is 97.4 Å². The molecule has 2 rings (SSSR count). The summed E-state index contributed by atoms with van der Waals surface area (Å²) in [5, 5.41) is 2.87. The normalized spacial score (nSPS) is 20.7. The van der Waals surface area contributed by atoms with Crippen LogP contribution in [0, 0.1) is 0 Å². The quantitative estimate of drug-likeness (QED) is 0.832. The lowest BCUT2D eigenvalue weighted by Crippen LogP contribution is -2.36. The molecule has 1 aromatic rings. The minimum Gasteiger partial charge on any atom is -0.352 e. The largest absolute Gasteiger partial charge is 0.352 e. The predicted molar refractivity (Wildman–Crippen MR) is 83.3 cm³/mol. The van der Waals surface area contributed by atoms with Gasteiger partial charge in [-0.3, -0.25) is 4.79 Å². The highest BCUT2D eigenvalue weighted by molar-refractivity contribution is 7.91. The highest BCUT2D eigenvalue weighted by Crippen LogP contribution is 2.17. The van der Waals surface area contributed by atoms with Crippen molar-refractivity contribution in [1.29, 1.82) is 0 Å². The van der Waals surface area contributed by atoms with Crippen LogP contribution in [0.15, 0.2) is 29.2 Å². The minimum atomic E-state index is -3.60. The van der Waals surface area contributed by atoms with E-state index in [4.69, 9.17) is 11.6 Å². The maximum atomic E-state index is 12.1. The number of amides is 1. The summed E-state index contributed by atoms with van der Waals surface area (Å²) in [4.78, 5) is 11.8. The third kappa shape index (κ3) is 4.69. The van der Waals surface area contributed by atoms with Crippen molar-refractivity contribution in [3.05, 3.63) is 29.3 Å². The average Bonchev–Trinajstić information content (AvgIpc) is 2.76. The standard InChI is InChI=1S/C13H16ClNO5S2/c14-10-2-1-3-12(8-10)22(19,20)7-5-13(16)15-11-4-6-21(17,18)9-11/h1-3,8,11H,4-7,9H2,(H,15,16). The molecule has 0 saturated carbocycles. The van der Waals surface area contributed by atoms with Crippen molar-refractivity contribution in [2.45, 2.75) is 23.8 Å².